The second kappa shape index (κ2) is 7.90. The van der Waals surface area contributed by atoms with Crippen molar-refractivity contribution in [3.63, 3.8) is 0 Å². The monoisotopic (exact) mass is 321 g/mol. The van der Waals surface area contributed by atoms with E-state index < -0.39 is 0 Å². The van der Waals surface area contributed by atoms with Crippen molar-refractivity contribution in [1.82, 2.24) is 4.98 Å². The fourth-order valence-electron chi connectivity index (χ4n) is 1.72. The number of halogens is 1. The first-order valence-electron chi connectivity index (χ1n) is 6.54. The standard InChI is InChI=1S/C15H16ClN3OS/c16-13-6-2-8-18-15(13)21-9-3-7-14(20)19-12-5-1-4-11(17)10-12/h1-2,4-6,8,10H,3,7,9,17H2,(H,19,20). The maximum absolute atomic E-state index is 11.8. The van der Waals surface area contributed by atoms with Crippen LogP contribution < -0.4 is 11.1 Å². The molecule has 0 atom stereocenters. The number of thioether (sulfide) groups is 1. The summed E-state index contributed by atoms with van der Waals surface area (Å²) in [5.41, 5.74) is 7.02. The lowest BCUT2D eigenvalue weighted by Crippen LogP contribution is -2.11. The number of nitrogen functional groups attached to an aromatic ring is 1. The van der Waals surface area contributed by atoms with Gasteiger partial charge in [0.25, 0.3) is 0 Å². The van der Waals surface area contributed by atoms with Gasteiger partial charge in [0.1, 0.15) is 5.03 Å². The molecule has 1 heterocycles. The third-order valence-corrected chi connectivity index (χ3v) is 4.19. The molecule has 2 rings (SSSR count). The molecule has 0 bridgehead atoms. The molecule has 6 heteroatoms. The number of nitrogens with two attached hydrogens (primary N) is 1. The van der Waals surface area contributed by atoms with Crippen LogP contribution in [0.1, 0.15) is 12.8 Å². The number of benzene rings is 1. The molecule has 2 aromatic rings. The van der Waals surface area contributed by atoms with Crippen LogP contribution in [0, 0.1) is 0 Å². The Morgan fingerprint density at radius 1 is 1.33 bits per heavy atom. The zero-order valence-corrected chi connectivity index (χ0v) is 13.0. The minimum Gasteiger partial charge on any atom is -0.399 e. The number of hydrogen-bond donors (Lipinski definition) is 2. The maximum Gasteiger partial charge on any atom is 0.224 e. The third-order valence-electron chi connectivity index (χ3n) is 2.68. The fraction of sp³-hybridized carbons (Fsp3) is 0.200. The van der Waals surface area contributed by atoms with Gasteiger partial charge in [-0.2, -0.15) is 0 Å². The Hall–Kier alpha value is -1.72. The van der Waals surface area contributed by atoms with Gasteiger partial charge in [-0.15, -0.1) is 11.8 Å². The molecule has 3 N–H and O–H groups in total. The number of carbonyl (C=O) groups excluding carboxylic acids is 1. The van der Waals surface area contributed by atoms with E-state index in [4.69, 9.17) is 17.3 Å². The van der Waals surface area contributed by atoms with E-state index in [1.54, 1.807) is 36.2 Å². The minimum absolute atomic E-state index is 0.0201. The van der Waals surface area contributed by atoms with Gasteiger partial charge in [-0.1, -0.05) is 17.7 Å². The van der Waals surface area contributed by atoms with Crippen LogP contribution in [0.15, 0.2) is 47.6 Å². The predicted molar refractivity (Wildman–Crippen MR) is 88.7 cm³/mol. The fourth-order valence-corrected chi connectivity index (χ4v) is 2.83. The van der Waals surface area contributed by atoms with E-state index in [2.05, 4.69) is 10.3 Å². The van der Waals surface area contributed by atoms with Crippen molar-refractivity contribution in [2.24, 2.45) is 0 Å². The molecule has 1 aromatic heterocycles. The van der Waals surface area contributed by atoms with Gasteiger partial charge < -0.3 is 11.1 Å². The summed E-state index contributed by atoms with van der Waals surface area (Å²) in [6, 6.07) is 10.7. The van der Waals surface area contributed by atoms with Gasteiger partial charge in [-0.3, -0.25) is 4.79 Å². The van der Waals surface area contributed by atoms with E-state index in [9.17, 15) is 4.79 Å². The van der Waals surface area contributed by atoms with Gasteiger partial charge in [-0.05, 0) is 36.8 Å². The summed E-state index contributed by atoms with van der Waals surface area (Å²) in [6.45, 7) is 0. The second-order valence-electron chi connectivity index (χ2n) is 4.42. The van der Waals surface area contributed by atoms with Crippen molar-refractivity contribution in [2.75, 3.05) is 16.8 Å². The molecule has 1 amide bonds. The van der Waals surface area contributed by atoms with Crippen LogP contribution in [0.5, 0.6) is 0 Å². The van der Waals surface area contributed by atoms with Crippen molar-refractivity contribution < 1.29 is 4.79 Å². The van der Waals surface area contributed by atoms with Crippen LogP contribution in [-0.4, -0.2) is 16.6 Å². The molecule has 1 aromatic carbocycles. The lowest BCUT2D eigenvalue weighted by atomic mass is 10.2. The summed E-state index contributed by atoms with van der Waals surface area (Å²) in [4.78, 5) is 16.0. The zero-order chi connectivity index (χ0) is 15.1. The molecular formula is C15H16ClN3OS. The number of anilines is 2. The average molecular weight is 322 g/mol. The van der Waals surface area contributed by atoms with Gasteiger partial charge in [-0.25, -0.2) is 4.98 Å². The largest absolute Gasteiger partial charge is 0.399 e. The second-order valence-corrected chi connectivity index (χ2v) is 5.91. The Labute approximate surface area is 133 Å². The van der Waals surface area contributed by atoms with Gasteiger partial charge in [0.2, 0.25) is 5.91 Å². The summed E-state index contributed by atoms with van der Waals surface area (Å²) in [7, 11) is 0. The van der Waals surface area contributed by atoms with Gasteiger partial charge >= 0.3 is 0 Å². The number of carbonyl (C=O) groups is 1. The van der Waals surface area contributed by atoms with E-state index in [0.29, 0.717) is 17.1 Å². The quantitative estimate of drug-likeness (QED) is 0.482. The van der Waals surface area contributed by atoms with Crippen molar-refractivity contribution in [3.8, 4) is 0 Å². The first-order chi connectivity index (χ1) is 10.1. The highest BCUT2D eigenvalue weighted by Gasteiger charge is 2.05. The zero-order valence-electron chi connectivity index (χ0n) is 11.4. The molecule has 21 heavy (non-hydrogen) atoms. The third kappa shape index (κ3) is 5.28. The Morgan fingerprint density at radius 2 is 2.19 bits per heavy atom. The Balaban J connectivity index is 1.71. The molecule has 110 valence electrons. The molecule has 0 saturated carbocycles. The van der Waals surface area contributed by atoms with E-state index in [1.165, 1.54) is 0 Å². The molecule has 0 fully saturated rings. The van der Waals surface area contributed by atoms with Crippen LogP contribution in [0.3, 0.4) is 0 Å². The number of hydrogen-bond acceptors (Lipinski definition) is 4. The summed E-state index contributed by atoms with van der Waals surface area (Å²) in [5, 5.41) is 4.27. The van der Waals surface area contributed by atoms with Crippen molar-refractivity contribution in [3.05, 3.63) is 47.6 Å². The molecule has 0 spiro atoms. The highest BCUT2D eigenvalue weighted by molar-refractivity contribution is 7.99. The summed E-state index contributed by atoms with van der Waals surface area (Å²) < 4.78 is 0. The smallest absolute Gasteiger partial charge is 0.224 e. The molecule has 0 radical (unpaired) electrons. The van der Waals surface area contributed by atoms with E-state index >= 15 is 0 Å². The Kier molecular flexibility index (Phi) is 5.90. The van der Waals surface area contributed by atoms with Gasteiger partial charge in [0.15, 0.2) is 0 Å². The first kappa shape index (κ1) is 15.7. The van der Waals surface area contributed by atoms with Gasteiger partial charge in [0, 0.05) is 29.7 Å². The van der Waals surface area contributed by atoms with Crippen LogP contribution in [0.25, 0.3) is 0 Å². The van der Waals surface area contributed by atoms with E-state index in [1.807, 2.05) is 18.2 Å². The maximum atomic E-state index is 11.8. The van der Waals surface area contributed by atoms with E-state index in [-0.39, 0.29) is 5.91 Å². The predicted octanol–water partition coefficient (Wildman–Crippen LogP) is 3.83. The average Bonchev–Trinajstić information content (AvgIpc) is 2.45. The highest BCUT2D eigenvalue weighted by atomic mass is 35.5. The molecule has 4 nitrogen and oxygen atoms in total. The molecule has 0 unspecified atom stereocenters. The highest BCUT2D eigenvalue weighted by Crippen LogP contribution is 2.24. The van der Waals surface area contributed by atoms with Crippen LogP contribution in [0.2, 0.25) is 5.02 Å². The summed E-state index contributed by atoms with van der Waals surface area (Å²) in [6.07, 6.45) is 2.92. The minimum atomic E-state index is -0.0201. The number of aromatic nitrogens is 1. The summed E-state index contributed by atoms with van der Waals surface area (Å²) >= 11 is 7.57. The topological polar surface area (TPSA) is 68.0 Å². The first-order valence-corrected chi connectivity index (χ1v) is 7.90. The van der Waals surface area contributed by atoms with Crippen molar-refractivity contribution in [2.45, 2.75) is 17.9 Å². The SMILES string of the molecule is Nc1cccc(NC(=O)CCCSc2ncccc2Cl)c1. The van der Waals surface area contributed by atoms with Crippen LogP contribution in [-0.2, 0) is 4.79 Å². The molecule has 0 aliphatic rings. The van der Waals surface area contributed by atoms with Crippen molar-refractivity contribution in [1.29, 1.82) is 0 Å². The number of nitrogens with one attached hydrogen (secondary N) is 1. The summed E-state index contributed by atoms with van der Waals surface area (Å²) in [5.74, 6) is 0.773. The normalized spacial score (nSPS) is 10.3. The molecule has 0 aliphatic heterocycles. The Morgan fingerprint density at radius 3 is 2.95 bits per heavy atom. The molecule has 0 saturated heterocycles. The lowest BCUT2D eigenvalue weighted by molar-refractivity contribution is -0.116. The lowest BCUT2D eigenvalue weighted by Gasteiger charge is -2.06. The number of rotatable bonds is 6. The van der Waals surface area contributed by atoms with Crippen LogP contribution >= 0.6 is 23.4 Å². The Bertz CT molecular complexity index is 621. The molecular weight excluding hydrogens is 306 g/mol. The molecule has 0 aliphatic carbocycles. The van der Waals surface area contributed by atoms with E-state index in [0.717, 1.165) is 22.9 Å². The van der Waals surface area contributed by atoms with Crippen LogP contribution in [0.4, 0.5) is 11.4 Å². The van der Waals surface area contributed by atoms with Gasteiger partial charge in [0.05, 0.1) is 5.02 Å². The number of nitrogens with zero attached hydrogens (tertiary/aromatic N) is 1. The van der Waals surface area contributed by atoms with Crippen molar-refractivity contribution >= 4 is 40.6 Å². The number of amides is 1. The number of pyridine rings is 1.